The molecule has 2 aromatic carbocycles. The van der Waals surface area contributed by atoms with E-state index in [1.165, 1.54) is 5.56 Å². The number of rotatable bonds is 3. The summed E-state index contributed by atoms with van der Waals surface area (Å²) < 4.78 is 5.97. The number of aryl methyl sites for hydroxylation is 2. The number of ether oxygens (including phenoxy) is 1. The van der Waals surface area contributed by atoms with Crippen molar-refractivity contribution in [3.63, 3.8) is 0 Å². The van der Waals surface area contributed by atoms with Gasteiger partial charge in [-0.1, -0.05) is 42.8 Å². The van der Waals surface area contributed by atoms with Crippen molar-refractivity contribution in [1.82, 2.24) is 5.32 Å². The summed E-state index contributed by atoms with van der Waals surface area (Å²) in [7, 11) is 0. The fourth-order valence-corrected chi connectivity index (χ4v) is 2.84. The maximum atomic E-state index is 12.7. The Morgan fingerprint density at radius 3 is 2.58 bits per heavy atom. The topological polar surface area (TPSA) is 41.6 Å². The number of carbonyl (C=O) groups is 1. The van der Waals surface area contributed by atoms with Gasteiger partial charge >= 0.3 is 6.03 Å². The van der Waals surface area contributed by atoms with Gasteiger partial charge in [-0.3, -0.25) is 4.90 Å². The van der Waals surface area contributed by atoms with Gasteiger partial charge in [-0.25, -0.2) is 4.79 Å². The van der Waals surface area contributed by atoms with Crippen molar-refractivity contribution >= 4 is 11.7 Å². The van der Waals surface area contributed by atoms with Gasteiger partial charge in [0.1, 0.15) is 11.9 Å². The normalized spacial score (nSPS) is 16.3. The number of urea groups is 1. The number of amides is 2. The molecule has 1 aliphatic rings. The zero-order valence-corrected chi connectivity index (χ0v) is 14.5. The molecule has 1 aliphatic heterocycles. The van der Waals surface area contributed by atoms with Gasteiger partial charge in [-0.05, 0) is 43.5 Å². The third kappa shape index (κ3) is 3.53. The molecule has 24 heavy (non-hydrogen) atoms. The third-order valence-corrected chi connectivity index (χ3v) is 4.35. The van der Waals surface area contributed by atoms with E-state index in [1.807, 2.05) is 37.3 Å². The predicted octanol–water partition coefficient (Wildman–Crippen LogP) is 4.19. The first kappa shape index (κ1) is 16.4. The van der Waals surface area contributed by atoms with Gasteiger partial charge in [-0.2, -0.15) is 0 Å². The lowest BCUT2D eigenvalue weighted by Crippen LogP contribution is -2.47. The van der Waals surface area contributed by atoms with E-state index in [4.69, 9.17) is 4.74 Å². The van der Waals surface area contributed by atoms with Crippen LogP contribution in [0.25, 0.3) is 0 Å². The van der Waals surface area contributed by atoms with Gasteiger partial charge in [0.25, 0.3) is 0 Å². The van der Waals surface area contributed by atoms with Gasteiger partial charge in [0.2, 0.25) is 0 Å². The molecular formula is C20H24N2O2. The first-order chi connectivity index (χ1) is 11.6. The second-order valence-corrected chi connectivity index (χ2v) is 6.37. The van der Waals surface area contributed by atoms with Crippen LogP contribution >= 0.6 is 0 Å². The minimum absolute atomic E-state index is 0.0327. The molecule has 3 rings (SSSR count). The third-order valence-electron chi connectivity index (χ3n) is 4.35. The second-order valence-electron chi connectivity index (χ2n) is 6.37. The maximum absolute atomic E-state index is 12.7. The molecule has 2 amide bonds. The summed E-state index contributed by atoms with van der Waals surface area (Å²) in [5.41, 5.74) is 4.27. The Hall–Kier alpha value is -2.49. The SMILES string of the molecule is CC[C@@H]1CN(C(=O)NCc2ccc(C)cc2)c2cc(C)ccc2O1. The number of hydrogen-bond donors (Lipinski definition) is 1. The molecule has 1 N–H and O–H groups in total. The second kappa shape index (κ2) is 6.95. The number of nitrogens with one attached hydrogen (secondary N) is 1. The molecule has 0 saturated heterocycles. The van der Waals surface area contributed by atoms with Gasteiger partial charge in [-0.15, -0.1) is 0 Å². The van der Waals surface area contributed by atoms with Crippen LogP contribution < -0.4 is 15.0 Å². The van der Waals surface area contributed by atoms with E-state index >= 15 is 0 Å². The van der Waals surface area contributed by atoms with E-state index in [1.54, 1.807) is 4.90 Å². The van der Waals surface area contributed by atoms with E-state index in [0.29, 0.717) is 13.1 Å². The van der Waals surface area contributed by atoms with Crippen LogP contribution in [-0.4, -0.2) is 18.7 Å². The van der Waals surface area contributed by atoms with Crippen molar-refractivity contribution < 1.29 is 9.53 Å². The Balaban J connectivity index is 1.76. The molecule has 0 spiro atoms. The van der Waals surface area contributed by atoms with E-state index in [0.717, 1.165) is 29.0 Å². The van der Waals surface area contributed by atoms with Crippen molar-refractivity contribution in [2.45, 2.75) is 39.8 Å². The minimum Gasteiger partial charge on any atom is -0.486 e. The Morgan fingerprint density at radius 1 is 1.17 bits per heavy atom. The van der Waals surface area contributed by atoms with Gasteiger partial charge in [0.05, 0.1) is 12.2 Å². The minimum atomic E-state index is -0.0795. The molecule has 0 bridgehead atoms. The average molecular weight is 324 g/mol. The molecule has 126 valence electrons. The molecule has 4 heteroatoms. The van der Waals surface area contributed by atoms with Gasteiger partial charge in [0.15, 0.2) is 0 Å². The number of hydrogen-bond acceptors (Lipinski definition) is 2. The van der Waals surface area contributed by atoms with Crippen LogP contribution in [-0.2, 0) is 6.54 Å². The molecule has 0 saturated carbocycles. The van der Waals surface area contributed by atoms with Crippen LogP contribution in [0.2, 0.25) is 0 Å². The number of carbonyl (C=O) groups excluding carboxylic acids is 1. The zero-order valence-electron chi connectivity index (χ0n) is 14.5. The van der Waals surface area contributed by atoms with Crippen molar-refractivity contribution in [3.05, 3.63) is 59.2 Å². The van der Waals surface area contributed by atoms with Crippen molar-refractivity contribution in [2.24, 2.45) is 0 Å². The number of benzene rings is 2. The molecule has 0 aliphatic carbocycles. The smallest absolute Gasteiger partial charge is 0.322 e. The number of nitrogens with zero attached hydrogens (tertiary/aromatic N) is 1. The van der Waals surface area contributed by atoms with Crippen LogP contribution in [0.1, 0.15) is 30.0 Å². The summed E-state index contributed by atoms with van der Waals surface area (Å²) in [6.07, 6.45) is 0.903. The Kier molecular flexibility index (Phi) is 4.74. The summed E-state index contributed by atoms with van der Waals surface area (Å²) in [5.74, 6) is 0.782. The highest BCUT2D eigenvalue weighted by molar-refractivity contribution is 5.94. The standard InChI is InChI=1S/C20H24N2O2/c1-4-17-13-22(18-11-15(3)7-10-19(18)24-17)20(23)21-12-16-8-5-14(2)6-9-16/h5-11,17H,4,12-13H2,1-3H3,(H,21,23)/t17-/m1/s1. The van der Waals surface area contributed by atoms with Crippen LogP contribution in [0.4, 0.5) is 10.5 Å². The Labute approximate surface area is 143 Å². The molecule has 4 nitrogen and oxygen atoms in total. The molecule has 1 heterocycles. The van der Waals surface area contributed by atoms with Crippen molar-refractivity contribution in [1.29, 1.82) is 0 Å². The van der Waals surface area contributed by atoms with E-state index in [9.17, 15) is 4.79 Å². The highest BCUT2D eigenvalue weighted by Gasteiger charge is 2.28. The van der Waals surface area contributed by atoms with Crippen LogP contribution in [0.15, 0.2) is 42.5 Å². The summed E-state index contributed by atoms with van der Waals surface area (Å²) >= 11 is 0. The molecule has 0 unspecified atom stereocenters. The zero-order chi connectivity index (χ0) is 17.1. The monoisotopic (exact) mass is 324 g/mol. The van der Waals surface area contributed by atoms with E-state index in [-0.39, 0.29) is 12.1 Å². The number of fused-ring (bicyclic) bond motifs is 1. The quantitative estimate of drug-likeness (QED) is 0.920. The Bertz CT molecular complexity index is 725. The molecule has 0 radical (unpaired) electrons. The number of anilines is 1. The summed E-state index contributed by atoms with van der Waals surface area (Å²) in [6.45, 7) is 7.25. The van der Waals surface area contributed by atoms with Gasteiger partial charge in [0, 0.05) is 6.54 Å². The lowest BCUT2D eigenvalue weighted by Gasteiger charge is -2.34. The average Bonchev–Trinajstić information content (AvgIpc) is 2.60. The fourth-order valence-electron chi connectivity index (χ4n) is 2.84. The highest BCUT2D eigenvalue weighted by atomic mass is 16.5. The molecule has 0 aromatic heterocycles. The molecule has 0 fully saturated rings. The highest BCUT2D eigenvalue weighted by Crippen LogP contribution is 2.34. The van der Waals surface area contributed by atoms with Crippen LogP contribution in [0.5, 0.6) is 5.75 Å². The fraction of sp³-hybridized carbons (Fsp3) is 0.350. The summed E-state index contributed by atoms with van der Waals surface area (Å²) in [5, 5.41) is 3.02. The first-order valence-corrected chi connectivity index (χ1v) is 8.45. The lowest BCUT2D eigenvalue weighted by molar-refractivity contribution is 0.186. The lowest BCUT2D eigenvalue weighted by atomic mass is 10.1. The van der Waals surface area contributed by atoms with E-state index in [2.05, 4.69) is 31.3 Å². The summed E-state index contributed by atoms with van der Waals surface area (Å²) in [4.78, 5) is 14.5. The van der Waals surface area contributed by atoms with Crippen molar-refractivity contribution in [3.8, 4) is 5.75 Å². The van der Waals surface area contributed by atoms with E-state index < -0.39 is 0 Å². The van der Waals surface area contributed by atoms with Crippen molar-refractivity contribution in [2.75, 3.05) is 11.4 Å². The first-order valence-electron chi connectivity index (χ1n) is 8.45. The summed E-state index contributed by atoms with van der Waals surface area (Å²) in [6, 6.07) is 14.1. The maximum Gasteiger partial charge on any atom is 0.322 e. The van der Waals surface area contributed by atoms with Crippen LogP contribution in [0.3, 0.4) is 0 Å². The molecule has 2 aromatic rings. The Morgan fingerprint density at radius 2 is 1.88 bits per heavy atom. The van der Waals surface area contributed by atoms with Crippen LogP contribution in [0, 0.1) is 13.8 Å². The van der Waals surface area contributed by atoms with Gasteiger partial charge < -0.3 is 10.1 Å². The largest absolute Gasteiger partial charge is 0.486 e. The molecule has 1 atom stereocenters. The predicted molar refractivity (Wildman–Crippen MR) is 96.6 cm³/mol. The molecular weight excluding hydrogens is 300 g/mol.